The zero-order chi connectivity index (χ0) is 10.0. The van der Waals surface area contributed by atoms with Gasteiger partial charge in [0.15, 0.2) is 0 Å². The summed E-state index contributed by atoms with van der Waals surface area (Å²) in [6.45, 7) is 2.52. The first-order valence-electron chi connectivity index (χ1n) is 6.11. The third-order valence-corrected chi connectivity index (χ3v) is 4.21. The van der Waals surface area contributed by atoms with E-state index < -0.39 is 0 Å². The summed E-state index contributed by atoms with van der Waals surface area (Å²) in [5.41, 5.74) is 0.681. The van der Waals surface area contributed by atoms with E-state index in [1.165, 1.54) is 51.6 Å². The highest BCUT2D eigenvalue weighted by Gasteiger charge is 2.44. The van der Waals surface area contributed by atoms with Crippen molar-refractivity contribution in [1.82, 2.24) is 10.2 Å². The standard InChI is InChI=1S/C12H24N2/c1-14(2)10-8-12(6-4-7-12)11-5-3-9-13-11/h11,13H,3-10H2,1-2H3. The van der Waals surface area contributed by atoms with Crippen molar-refractivity contribution in [2.24, 2.45) is 5.41 Å². The van der Waals surface area contributed by atoms with Gasteiger partial charge in [-0.15, -0.1) is 0 Å². The van der Waals surface area contributed by atoms with Crippen molar-refractivity contribution < 1.29 is 0 Å². The summed E-state index contributed by atoms with van der Waals surface area (Å²) in [5.74, 6) is 0. The summed E-state index contributed by atoms with van der Waals surface area (Å²) in [6.07, 6.45) is 8.63. The van der Waals surface area contributed by atoms with E-state index in [4.69, 9.17) is 0 Å². The fraction of sp³-hybridized carbons (Fsp3) is 1.00. The third kappa shape index (κ3) is 1.96. The van der Waals surface area contributed by atoms with E-state index in [-0.39, 0.29) is 0 Å². The van der Waals surface area contributed by atoms with Crippen LogP contribution in [0, 0.1) is 5.41 Å². The molecule has 0 amide bonds. The molecule has 0 bridgehead atoms. The van der Waals surface area contributed by atoms with Crippen LogP contribution in [0.15, 0.2) is 0 Å². The average molecular weight is 196 g/mol. The van der Waals surface area contributed by atoms with Crippen LogP contribution in [0.2, 0.25) is 0 Å². The van der Waals surface area contributed by atoms with Crippen LogP contribution < -0.4 is 5.32 Å². The van der Waals surface area contributed by atoms with Gasteiger partial charge >= 0.3 is 0 Å². The number of nitrogens with zero attached hydrogens (tertiary/aromatic N) is 1. The van der Waals surface area contributed by atoms with Crippen molar-refractivity contribution in [3.05, 3.63) is 0 Å². The number of hydrogen-bond acceptors (Lipinski definition) is 2. The summed E-state index contributed by atoms with van der Waals surface area (Å²) in [4.78, 5) is 2.33. The highest BCUT2D eigenvalue weighted by molar-refractivity contribution is 4.99. The molecule has 0 radical (unpaired) electrons. The molecule has 0 aromatic heterocycles. The van der Waals surface area contributed by atoms with Gasteiger partial charge in [0.1, 0.15) is 0 Å². The monoisotopic (exact) mass is 196 g/mol. The van der Waals surface area contributed by atoms with E-state index in [9.17, 15) is 0 Å². The van der Waals surface area contributed by atoms with Gasteiger partial charge in [-0.2, -0.15) is 0 Å². The second-order valence-corrected chi connectivity index (χ2v) is 5.42. The fourth-order valence-corrected chi connectivity index (χ4v) is 3.06. The Morgan fingerprint density at radius 1 is 1.29 bits per heavy atom. The number of nitrogens with one attached hydrogen (secondary N) is 1. The molecule has 1 atom stereocenters. The summed E-state index contributed by atoms with van der Waals surface area (Å²) in [6, 6.07) is 0.844. The van der Waals surface area contributed by atoms with E-state index in [0.717, 1.165) is 6.04 Å². The van der Waals surface area contributed by atoms with E-state index in [2.05, 4.69) is 24.3 Å². The first kappa shape index (κ1) is 10.4. The van der Waals surface area contributed by atoms with Crippen molar-refractivity contribution in [3.8, 4) is 0 Å². The minimum Gasteiger partial charge on any atom is -0.313 e. The molecule has 82 valence electrons. The second-order valence-electron chi connectivity index (χ2n) is 5.42. The molecule has 14 heavy (non-hydrogen) atoms. The highest BCUT2D eigenvalue weighted by Crippen LogP contribution is 2.48. The van der Waals surface area contributed by atoms with Crippen LogP contribution in [0.4, 0.5) is 0 Å². The zero-order valence-corrected chi connectivity index (χ0v) is 9.68. The van der Waals surface area contributed by atoms with Gasteiger partial charge in [-0.3, -0.25) is 0 Å². The minimum atomic E-state index is 0.681. The Morgan fingerprint density at radius 2 is 2.07 bits per heavy atom. The maximum atomic E-state index is 3.70. The van der Waals surface area contributed by atoms with Crippen LogP contribution in [-0.4, -0.2) is 38.1 Å². The smallest absolute Gasteiger partial charge is 0.0124 e. The molecule has 0 spiro atoms. The molecule has 1 aliphatic carbocycles. The third-order valence-electron chi connectivity index (χ3n) is 4.21. The molecular formula is C12H24N2. The van der Waals surface area contributed by atoms with Crippen molar-refractivity contribution in [1.29, 1.82) is 0 Å². The molecule has 2 aliphatic rings. The summed E-state index contributed by atoms with van der Waals surface area (Å²) < 4.78 is 0. The molecule has 2 rings (SSSR count). The normalized spacial score (nSPS) is 30.6. The van der Waals surface area contributed by atoms with Crippen LogP contribution in [0.3, 0.4) is 0 Å². The zero-order valence-electron chi connectivity index (χ0n) is 9.68. The first-order valence-corrected chi connectivity index (χ1v) is 6.11. The van der Waals surface area contributed by atoms with Crippen LogP contribution in [0.1, 0.15) is 38.5 Å². The lowest BCUT2D eigenvalue weighted by atomic mass is 9.61. The first-order chi connectivity index (χ1) is 6.73. The lowest BCUT2D eigenvalue weighted by molar-refractivity contribution is 0.0628. The predicted octanol–water partition coefficient (Wildman–Crippen LogP) is 1.86. The number of rotatable bonds is 4. The lowest BCUT2D eigenvalue weighted by Crippen LogP contribution is -2.47. The molecule has 2 heteroatoms. The maximum absolute atomic E-state index is 3.70. The molecule has 1 N–H and O–H groups in total. The molecule has 2 fully saturated rings. The van der Waals surface area contributed by atoms with Gasteiger partial charge in [0, 0.05) is 6.04 Å². The van der Waals surface area contributed by atoms with Gasteiger partial charge in [0.05, 0.1) is 0 Å². The van der Waals surface area contributed by atoms with Crippen molar-refractivity contribution in [2.45, 2.75) is 44.6 Å². The summed E-state index contributed by atoms with van der Waals surface area (Å²) in [7, 11) is 4.38. The Bertz CT molecular complexity index is 179. The van der Waals surface area contributed by atoms with Crippen LogP contribution in [-0.2, 0) is 0 Å². The van der Waals surface area contributed by atoms with Crippen molar-refractivity contribution in [2.75, 3.05) is 27.2 Å². The van der Waals surface area contributed by atoms with Crippen molar-refractivity contribution >= 4 is 0 Å². The van der Waals surface area contributed by atoms with Gasteiger partial charge in [-0.25, -0.2) is 0 Å². The quantitative estimate of drug-likeness (QED) is 0.738. The summed E-state index contributed by atoms with van der Waals surface area (Å²) in [5, 5.41) is 3.70. The minimum absolute atomic E-state index is 0.681. The Balaban J connectivity index is 1.88. The largest absolute Gasteiger partial charge is 0.313 e. The van der Waals surface area contributed by atoms with E-state index in [1.54, 1.807) is 0 Å². The predicted molar refractivity (Wildman–Crippen MR) is 60.5 cm³/mol. The molecular weight excluding hydrogens is 172 g/mol. The number of hydrogen-bond donors (Lipinski definition) is 1. The van der Waals surface area contributed by atoms with Crippen LogP contribution >= 0.6 is 0 Å². The van der Waals surface area contributed by atoms with Gasteiger partial charge in [0.2, 0.25) is 0 Å². The van der Waals surface area contributed by atoms with E-state index in [0.29, 0.717) is 5.41 Å². The van der Waals surface area contributed by atoms with Gasteiger partial charge in [-0.05, 0) is 64.7 Å². The average Bonchev–Trinajstić information content (AvgIpc) is 2.55. The fourth-order valence-electron chi connectivity index (χ4n) is 3.06. The highest BCUT2D eigenvalue weighted by atomic mass is 15.1. The van der Waals surface area contributed by atoms with Crippen LogP contribution in [0.5, 0.6) is 0 Å². The van der Waals surface area contributed by atoms with Crippen molar-refractivity contribution in [3.63, 3.8) is 0 Å². The Hall–Kier alpha value is -0.0800. The van der Waals surface area contributed by atoms with Gasteiger partial charge < -0.3 is 10.2 Å². The molecule has 1 saturated carbocycles. The summed E-state index contributed by atoms with van der Waals surface area (Å²) >= 11 is 0. The van der Waals surface area contributed by atoms with Gasteiger partial charge in [0.25, 0.3) is 0 Å². The topological polar surface area (TPSA) is 15.3 Å². The Morgan fingerprint density at radius 3 is 2.50 bits per heavy atom. The molecule has 1 aliphatic heterocycles. The second kappa shape index (κ2) is 4.19. The molecule has 1 heterocycles. The Kier molecular flexibility index (Phi) is 3.13. The molecule has 1 unspecified atom stereocenters. The van der Waals surface area contributed by atoms with Crippen LogP contribution in [0.25, 0.3) is 0 Å². The van der Waals surface area contributed by atoms with Gasteiger partial charge in [-0.1, -0.05) is 6.42 Å². The van der Waals surface area contributed by atoms with E-state index in [1.807, 2.05) is 0 Å². The maximum Gasteiger partial charge on any atom is 0.0124 e. The Labute approximate surface area is 88.1 Å². The molecule has 2 nitrogen and oxygen atoms in total. The SMILES string of the molecule is CN(C)CCC1(C2CCCN2)CCC1. The molecule has 1 saturated heterocycles. The lowest BCUT2D eigenvalue weighted by Gasteiger charge is -2.47. The molecule has 0 aromatic carbocycles. The molecule has 0 aromatic rings. The van der Waals surface area contributed by atoms with E-state index >= 15 is 0 Å².